The highest BCUT2D eigenvalue weighted by molar-refractivity contribution is 5.51. The van der Waals surface area contributed by atoms with Gasteiger partial charge in [0.2, 0.25) is 0 Å². The number of benzene rings is 1. The van der Waals surface area contributed by atoms with E-state index < -0.39 is 0 Å². The van der Waals surface area contributed by atoms with Gasteiger partial charge in [-0.2, -0.15) is 5.26 Å². The second kappa shape index (κ2) is 6.39. The molecule has 0 saturated heterocycles. The molecule has 1 aromatic carbocycles. The van der Waals surface area contributed by atoms with Crippen molar-refractivity contribution in [3.8, 4) is 6.07 Å². The highest BCUT2D eigenvalue weighted by Crippen LogP contribution is 2.04. The van der Waals surface area contributed by atoms with E-state index in [-0.39, 0.29) is 0 Å². The number of rotatable bonds is 4. The van der Waals surface area contributed by atoms with Crippen LogP contribution in [0.25, 0.3) is 6.08 Å². The smallest absolute Gasteiger partial charge is 0.0950 e. The van der Waals surface area contributed by atoms with Crippen molar-refractivity contribution in [2.45, 2.75) is 6.42 Å². The normalized spacial score (nSPS) is 11.3. The third-order valence-electron chi connectivity index (χ3n) is 1.89. The number of hydrogen-bond acceptors (Lipinski definition) is 1. The van der Waals surface area contributed by atoms with Crippen molar-refractivity contribution in [1.29, 1.82) is 5.26 Å². The van der Waals surface area contributed by atoms with Crippen molar-refractivity contribution in [3.63, 3.8) is 0 Å². The average Bonchev–Trinajstić information content (AvgIpc) is 2.29. The fourth-order valence-corrected chi connectivity index (χ4v) is 1.15. The molecule has 1 rings (SSSR count). The minimum atomic E-state index is 0.621. The van der Waals surface area contributed by atoms with Gasteiger partial charge in [-0.25, -0.2) is 0 Å². The Morgan fingerprint density at radius 3 is 2.67 bits per heavy atom. The van der Waals surface area contributed by atoms with Gasteiger partial charge in [0, 0.05) is 12.0 Å². The highest BCUT2D eigenvalue weighted by atomic mass is 14.2. The molecule has 0 N–H and O–H groups in total. The first-order chi connectivity index (χ1) is 7.36. The number of hydrogen-bond donors (Lipinski definition) is 0. The highest BCUT2D eigenvalue weighted by Gasteiger charge is 1.87. The van der Waals surface area contributed by atoms with E-state index in [9.17, 15) is 0 Å². The molecule has 0 aliphatic carbocycles. The largest absolute Gasteiger partial charge is 0.193 e. The summed E-state index contributed by atoms with van der Waals surface area (Å²) < 4.78 is 0. The van der Waals surface area contributed by atoms with E-state index in [1.807, 2.05) is 48.6 Å². The summed E-state index contributed by atoms with van der Waals surface area (Å²) in [5, 5.41) is 8.75. The molecule has 0 amide bonds. The molecule has 0 heterocycles. The Labute approximate surface area is 90.7 Å². The third kappa shape index (κ3) is 4.10. The zero-order valence-corrected chi connectivity index (χ0v) is 8.56. The van der Waals surface area contributed by atoms with Crippen molar-refractivity contribution in [1.82, 2.24) is 0 Å². The number of nitriles is 1. The summed E-state index contributed by atoms with van der Waals surface area (Å²) >= 11 is 0. The van der Waals surface area contributed by atoms with Crippen LogP contribution >= 0.6 is 0 Å². The molecular formula is C14H13N. The van der Waals surface area contributed by atoms with Crippen LogP contribution in [0.3, 0.4) is 0 Å². The molecule has 15 heavy (non-hydrogen) atoms. The standard InChI is InChI=1S/C14H13N/c1-2-7-14(12-15)11-6-10-13-8-4-3-5-9-13/h2-6,8-11H,1,7H2/b10-6+,14-11-. The molecule has 0 radical (unpaired) electrons. The Hall–Kier alpha value is -2.07. The maximum atomic E-state index is 8.75. The third-order valence-corrected chi connectivity index (χ3v) is 1.89. The van der Waals surface area contributed by atoms with Gasteiger partial charge in [0.25, 0.3) is 0 Å². The molecule has 0 bridgehead atoms. The van der Waals surface area contributed by atoms with Gasteiger partial charge < -0.3 is 0 Å². The van der Waals surface area contributed by atoms with Crippen LogP contribution < -0.4 is 0 Å². The van der Waals surface area contributed by atoms with Crippen molar-refractivity contribution in [3.05, 3.63) is 66.3 Å². The first-order valence-corrected chi connectivity index (χ1v) is 4.80. The lowest BCUT2D eigenvalue weighted by Gasteiger charge is -1.90. The van der Waals surface area contributed by atoms with Gasteiger partial charge in [0.05, 0.1) is 6.07 Å². The molecule has 0 aliphatic rings. The van der Waals surface area contributed by atoms with Crippen LogP contribution in [0, 0.1) is 11.3 Å². The van der Waals surface area contributed by atoms with Crippen molar-refractivity contribution in [2.75, 3.05) is 0 Å². The zero-order valence-electron chi connectivity index (χ0n) is 8.56. The van der Waals surface area contributed by atoms with Crippen LogP contribution in [0.5, 0.6) is 0 Å². The SMILES string of the molecule is C=CC/C(C#N)=C/C=C/c1ccccc1. The van der Waals surface area contributed by atoms with E-state index in [0.29, 0.717) is 6.42 Å². The van der Waals surface area contributed by atoms with Gasteiger partial charge in [-0.05, 0) is 11.6 Å². The lowest BCUT2D eigenvalue weighted by Crippen LogP contribution is -1.73. The van der Waals surface area contributed by atoms with Crippen LogP contribution in [0.1, 0.15) is 12.0 Å². The molecule has 0 unspecified atom stereocenters. The van der Waals surface area contributed by atoms with Gasteiger partial charge in [0.15, 0.2) is 0 Å². The first kappa shape index (κ1) is 11.0. The predicted molar refractivity (Wildman–Crippen MR) is 64.0 cm³/mol. The molecule has 1 nitrogen and oxygen atoms in total. The molecule has 0 spiro atoms. The molecule has 0 aromatic heterocycles. The Balaban J connectivity index is 2.67. The maximum absolute atomic E-state index is 8.75. The predicted octanol–water partition coefficient (Wildman–Crippen LogP) is 3.73. The lowest BCUT2D eigenvalue weighted by atomic mass is 10.1. The summed E-state index contributed by atoms with van der Waals surface area (Å²) in [7, 11) is 0. The Morgan fingerprint density at radius 1 is 1.33 bits per heavy atom. The molecular weight excluding hydrogens is 182 g/mol. The fraction of sp³-hybridized carbons (Fsp3) is 0.0714. The Bertz CT molecular complexity index is 405. The molecule has 0 fully saturated rings. The summed E-state index contributed by atoms with van der Waals surface area (Å²) in [5.41, 5.74) is 1.85. The monoisotopic (exact) mass is 195 g/mol. The summed E-state index contributed by atoms with van der Waals surface area (Å²) in [6.45, 7) is 3.60. The van der Waals surface area contributed by atoms with Crippen LogP contribution in [0.15, 0.2) is 60.7 Å². The van der Waals surface area contributed by atoms with E-state index in [2.05, 4.69) is 12.6 Å². The van der Waals surface area contributed by atoms with Crippen LogP contribution in [-0.4, -0.2) is 0 Å². The van der Waals surface area contributed by atoms with E-state index in [1.165, 1.54) is 0 Å². The van der Waals surface area contributed by atoms with Gasteiger partial charge >= 0.3 is 0 Å². The summed E-state index contributed by atoms with van der Waals surface area (Å²) in [6.07, 6.45) is 8.02. The molecule has 1 heteroatoms. The molecule has 1 aromatic rings. The van der Waals surface area contributed by atoms with Gasteiger partial charge in [0.1, 0.15) is 0 Å². The van der Waals surface area contributed by atoms with Crippen molar-refractivity contribution in [2.24, 2.45) is 0 Å². The quantitative estimate of drug-likeness (QED) is 0.408. The maximum Gasteiger partial charge on any atom is 0.0950 e. The van der Waals surface area contributed by atoms with Gasteiger partial charge in [-0.1, -0.05) is 48.6 Å². The molecule has 0 atom stereocenters. The van der Waals surface area contributed by atoms with E-state index in [0.717, 1.165) is 11.1 Å². The topological polar surface area (TPSA) is 23.8 Å². The summed E-state index contributed by atoms with van der Waals surface area (Å²) in [4.78, 5) is 0. The summed E-state index contributed by atoms with van der Waals surface area (Å²) in [6, 6.07) is 12.1. The minimum Gasteiger partial charge on any atom is -0.193 e. The van der Waals surface area contributed by atoms with Crippen LogP contribution in [0.2, 0.25) is 0 Å². The van der Waals surface area contributed by atoms with Crippen molar-refractivity contribution >= 4 is 6.08 Å². The molecule has 0 aliphatic heterocycles. The molecule has 0 saturated carbocycles. The van der Waals surface area contributed by atoms with E-state index >= 15 is 0 Å². The second-order valence-corrected chi connectivity index (χ2v) is 3.07. The van der Waals surface area contributed by atoms with Crippen LogP contribution in [0.4, 0.5) is 0 Å². The van der Waals surface area contributed by atoms with E-state index in [4.69, 9.17) is 5.26 Å². The summed E-state index contributed by atoms with van der Waals surface area (Å²) in [5.74, 6) is 0. The minimum absolute atomic E-state index is 0.621. The number of allylic oxidation sites excluding steroid dienone is 4. The number of nitrogens with zero attached hydrogens (tertiary/aromatic N) is 1. The zero-order chi connectivity index (χ0) is 10.9. The van der Waals surface area contributed by atoms with Crippen LogP contribution in [-0.2, 0) is 0 Å². The Kier molecular flexibility index (Phi) is 4.69. The second-order valence-electron chi connectivity index (χ2n) is 3.07. The average molecular weight is 195 g/mol. The van der Waals surface area contributed by atoms with Crippen molar-refractivity contribution < 1.29 is 0 Å². The van der Waals surface area contributed by atoms with E-state index in [1.54, 1.807) is 6.08 Å². The van der Waals surface area contributed by atoms with Gasteiger partial charge in [-0.3, -0.25) is 0 Å². The Morgan fingerprint density at radius 2 is 2.07 bits per heavy atom. The fourth-order valence-electron chi connectivity index (χ4n) is 1.15. The lowest BCUT2D eigenvalue weighted by molar-refractivity contribution is 1.29. The first-order valence-electron chi connectivity index (χ1n) is 4.80. The van der Waals surface area contributed by atoms with Gasteiger partial charge in [-0.15, -0.1) is 6.58 Å². The molecule has 74 valence electrons.